The normalized spacial score (nSPS) is 21.3. The standard InChI is InChI=1S/C18H20N2OS/c1-13-4-3-5-16(12-13)21-15-8-6-14(7-9-15)18(2)10-11-22-17(19)20-18/h3-9,12H,10-11H2,1-2H3,(H2,19,20). The first kappa shape index (κ1) is 15.0. The lowest BCUT2D eigenvalue weighted by atomic mass is 9.90. The van der Waals surface area contributed by atoms with Crippen LogP contribution in [0.3, 0.4) is 0 Å². The van der Waals surface area contributed by atoms with E-state index in [2.05, 4.69) is 37.0 Å². The number of benzene rings is 2. The largest absolute Gasteiger partial charge is 0.457 e. The molecule has 1 heterocycles. The van der Waals surface area contributed by atoms with E-state index in [0.29, 0.717) is 5.17 Å². The molecule has 3 nitrogen and oxygen atoms in total. The molecule has 0 aliphatic carbocycles. The molecule has 4 heteroatoms. The highest BCUT2D eigenvalue weighted by atomic mass is 32.2. The van der Waals surface area contributed by atoms with Crippen molar-refractivity contribution in [1.29, 1.82) is 0 Å². The molecule has 0 saturated heterocycles. The predicted octanol–water partition coefficient (Wildman–Crippen LogP) is 4.45. The number of hydrogen-bond donors (Lipinski definition) is 1. The summed E-state index contributed by atoms with van der Waals surface area (Å²) in [5, 5.41) is 0.675. The number of rotatable bonds is 3. The average Bonchev–Trinajstić information content (AvgIpc) is 2.47. The van der Waals surface area contributed by atoms with Gasteiger partial charge in [0.2, 0.25) is 0 Å². The number of thioether (sulfide) groups is 1. The van der Waals surface area contributed by atoms with Gasteiger partial charge in [-0.1, -0.05) is 36.0 Å². The second-order valence-electron chi connectivity index (χ2n) is 5.77. The molecule has 2 N–H and O–H groups in total. The van der Waals surface area contributed by atoms with Crippen molar-refractivity contribution >= 4 is 16.9 Å². The SMILES string of the molecule is Cc1cccc(Oc2ccc(C3(C)CCSC(N)=N3)cc2)c1. The summed E-state index contributed by atoms with van der Waals surface area (Å²) in [5.41, 5.74) is 8.02. The van der Waals surface area contributed by atoms with E-state index >= 15 is 0 Å². The highest BCUT2D eigenvalue weighted by Crippen LogP contribution is 2.36. The van der Waals surface area contributed by atoms with Gasteiger partial charge in [-0.25, -0.2) is 0 Å². The third-order valence-electron chi connectivity index (χ3n) is 3.90. The minimum absolute atomic E-state index is 0.225. The Balaban J connectivity index is 1.79. The van der Waals surface area contributed by atoms with Crippen LogP contribution in [0.25, 0.3) is 0 Å². The van der Waals surface area contributed by atoms with Gasteiger partial charge in [-0.05, 0) is 55.7 Å². The van der Waals surface area contributed by atoms with Crippen molar-refractivity contribution in [2.45, 2.75) is 25.8 Å². The van der Waals surface area contributed by atoms with E-state index in [4.69, 9.17) is 10.5 Å². The molecule has 0 bridgehead atoms. The first-order chi connectivity index (χ1) is 10.5. The summed E-state index contributed by atoms with van der Waals surface area (Å²) in [7, 11) is 0. The Hall–Kier alpha value is -1.94. The van der Waals surface area contributed by atoms with Crippen molar-refractivity contribution in [3.63, 3.8) is 0 Å². The van der Waals surface area contributed by atoms with Crippen molar-refractivity contribution in [1.82, 2.24) is 0 Å². The molecule has 0 spiro atoms. The highest BCUT2D eigenvalue weighted by molar-refractivity contribution is 8.13. The lowest BCUT2D eigenvalue weighted by molar-refractivity contribution is 0.471. The van der Waals surface area contributed by atoms with Crippen molar-refractivity contribution < 1.29 is 4.74 Å². The van der Waals surface area contributed by atoms with Gasteiger partial charge in [0.15, 0.2) is 5.17 Å². The Morgan fingerprint density at radius 1 is 1.14 bits per heavy atom. The average molecular weight is 312 g/mol. The Labute approximate surface area is 135 Å². The summed E-state index contributed by atoms with van der Waals surface area (Å²) in [6, 6.07) is 16.2. The van der Waals surface area contributed by atoms with Crippen LogP contribution in [0.5, 0.6) is 11.5 Å². The molecule has 2 aromatic carbocycles. The summed E-state index contributed by atoms with van der Waals surface area (Å²) < 4.78 is 5.89. The van der Waals surface area contributed by atoms with Gasteiger partial charge in [0.25, 0.3) is 0 Å². The topological polar surface area (TPSA) is 47.6 Å². The Morgan fingerprint density at radius 3 is 2.59 bits per heavy atom. The number of hydrogen-bond acceptors (Lipinski definition) is 4. The van der Waals surface area contributed by atoms with Crippen molar-refractivity contribution in [3.05, 3.63) is 59.7 Å². The monoisotopic (exact) mass is 312 g/mol. The molecule has 2 aromatic rings. The molecule has 3 rings (SSSR count). The van der Waals surface area contributed by atoms with Gasteiger partial charge >= 0.3 is 0 Å². The summed E-state index contributed by atoms with van der Waals surface area (Å²) in [6.45, 7) is 4.19. The number of nitrogens with zero attached hydrogens (tertiary/aromatic N) is 1. The molecule has 0 radical (unpaired) electrons. The van der Waals surface area contributed by atoms with Crippen LogP contribution in [0.1, 0.15) is 24.5 Å². The van der Waals surface area contributed by atoms with Crippen LogP contribution in [-0.2, 0) is 5.54 Å². The van der Waals surface area contributed by atoms with Gasteiger partial charge in [0.05, 0.1) is 5.54 Å². The number of aliphatic imine (C=N–C) groups is 1. The quantitative estimate of drug-likeness (QED) is 0.910. The smallest absolute Gasteiger partial charge is 0.154 e. The maximum atomic E-state index is 5.89. The maximum Gasteiger partial charge on any atom is 0.154 e. The van der Waals surface area contributed by atoms with E-state index in [0.717, 1.165) is 23.7 Å². The molecular formula is C18H20N2OS. The molecule has 1 atom stereocenters. The number of ether oxygens (including phenoxy) is 1. The minimum atomic E-state index is -0.225. The Kier molecular flexibility index (Phi) is 4.12. The van der Waals surface area contributed by atoms with E-state index in [-0.39, 0.29) is 5.54 Å². The van der Waals surface area contributed by atoms with Crippen LogP contribution >= 0.6 is 11.8 Å². The molecular weight excluding hydrogens is 292 g/mol. The first-order valence-electron chi connectivity index (χ1n) is 7.38. The van der Waals surface area contributed by atoms with E-state index in [1.165, 1.54) is 11.1 Å². The first-order valence-corrected chi connectivity index (χ1v) is 8.37. The van der Waals surface area contributed by atoms with Gasteiger partial charge in [0.1, 0.15) is 11.5 Å². The van der Waals surface area contributed by atoms with Crippen LogP contribution in [0.4, 0.5) is 0 Å². The predicted molar refractivity (Wildman–Crippen MR) is 93.7 cm³/mol. The van der Waals surface area contributed by atoms with Crippen molar-refractivity contribution in [2.24, 2.45) is 10.7 Å². The lowest BCUT2D eigenvalue weighted by Gasteiger charge is -2.29. The van der Waals surface area contributed by atoms with Crippen LogP contribution in [0.15, 0.2) is 53.5 Å². The second kappa shape index (κ2) is 6.05. The summed E-state index contributed by atoms with van der Waals surface area (Å²) in [5.74, 6) is 2.70. The van der Waals surface area contributed by atoms with Crippen molar-refractivity contribution in [3.8, 4) is 11.5 Å². The third kappa shape index (κ3) is 3.28. The fraction of sp³-hybridized carbons (Fsp3) is 0.278. The molecule has 1 aliphatic rings. The molecule has 0 fully saturated rings. The highest BCUT2D eigenvalue weighted by Gasteiger charge is 2.29. The van der Waals surface area contributed by atoms with Crippen LogP contribution in [0, 0.1) is 6.92 Å². The molecule has 1 unspecified atom stereocenters. The Morgan fingerprint density at radius 2 is 1.91 bits per heavy atom. The molecule has 22 heavy (non-hydrogen) atoms. The minimum Gasteiger partial charge on any atom is -0.457 e. The molecule has 0 saturated carbocycles. The van der Waals surface area contributed by atoms with Gasteiger partial charge in [0, 0.05) is 5.75 Å². The third-order valence-corrected chi connectivity index (χ3v) is 4.69. The zero-order valence-electron chi connectivity index (χ0n) is 12.9. The van der Waals surface area contributed by atoms with Crippen LogP contribution in [-0.4, -0.2) is 10.9 Å². The zero-order chi connectivity index (χ0) is 15.6. The number of nitrogens with two attached hydrogens (primary N) is 1. The molecule has 0 amide bonds. The van der Waals surface area contributed by atoms with Gasteiger partial charge in [-0.15, -0.1) is 0 Å². The van der Waals surface area contributed by atoms with E-state index in [9.17, 15) is 0 Å². The van der Waals surface area contributed by atoms with Gasteiger partial charge in [-0.3, -0.25) is 4.99 Å². The van der Waals surface area contributed by atoms with Crippen LogP contribution < -0.4 is 10.5 Å². The molecule has 114 valence electrons. The number of amidine groups is 1. The van der Waals surface area contributed by atoms with Crippen LogP contribution in [0.2, 0.25) is 0 Å². The summed E-state index contributed by atoms with van der Waals surface area (Å²) >= 11 is 1.62. The molecule has 0 aromatic heterocycles. The lowest BCUT2D eigenvalue weighted by Crippen LogP contribution is -2.28. The van der Waals surface area contributed by atoms with E-state index in [1.807, 2.05) is 30.3 Å². The van der Waals surface area contributed by atoms with E-state index < -0.39 is 0 Å². The number of aryl methyl sites for hydroxylation is 1. The maximum absolute atomic E-state index is 5.89. The zero-order valence-corrected chi connectivity index (χ0v) is 13.7. The van der Waals surface area contributed by atoms with Gasteiger partial charge < -0.3 is 10.5 Å². The van der Waals surface area contributed by atoms with Crippen molar-refractivity contribution in [2.75, 3.05) is 5.75 Å². The second-order valence-corrected chi connectivity index (χ2v) is 6.88. The molecule has 1 aliphatic heterocycles. The Bertz CT molecular complexity index is 696. The fourth-order valence-corrected chi connectivity index (χ4v) is 3.57. The fourth-order valence-electron chi connectivity index (χ4n) is 2.59. The summed E-state index contributed by atoms with van der Waals surface area (Å²) in [6.07, 6.45) is 0.996. The van der Waals surface area contributed by atoms with E-state index in [1.54, 1.807) is 11.8 Å². The summed E-state index contributed by atoms with van der Waals surface area (Å²) in [4.78, 5) is 4.63. The van der Waals surface area contributed by atoms with Gasteiger partial charge in [-0.2, -0.15) is 0 Å².